The maximum Gasteiger partial charge on any atom is 0.216 e. The van der Waals surface area contributed by atoms with Gasteiger partial charge in [0.1, 0.15) is 5.75 Å². The molecule has 0 amide bonds. The Morgan fingerprint density at radius 3 is 2.59 bits per heavy atom. The molecule has 0 aromatic carbocycles. The van der Waals surface area contributed by atoms with Crippen LogP contribution in [0.2, 0.25) is 0 Å². The highest BCUT2D eigenvalue weighted by atomic mass is 16.5. The molecule has 4 nitrogen and oxygen atoms in total. The van der Waals surface area contributed by atoms with Gasteiger partial charge in [-0.2, -0.15) is 0 Å². The predicted molar refractivity (Wildman–Crippen MR) is 66.6 cm³/mol. The van der Waals surface area contributed by atoms with E-state index in [2.05, 4.69) is 4.98 Å². The van der Waals surface area contributed by atoms with Crippen molar-refractivity contribution in [3.05, 3.63) is 17.8 Å². The third kappa shape index (κ3) is 4.61. The Morgan fingerprint density at radius 2 is 2.06 bits per heavy atom. The Morgan fingerprint density at radius 1 is 1.35 bits per heavy atom. The van der Waals surface area contributed by atoms with Gasteiger partial charge in [-0.25, -0.2) is 4.98 Å². The number of methoxy groups -OCH3 is 1. The van der Waals surface area contributed by atoms with Crippen LogP contribution in [0.15, 0.2) is 12.3 Å². The fourth-order valence-electron chi connectivity index (χ4n) is 1.54. The average molecular weight is 239 g/mol. The maximum absolute atomic E-state index is 9.30. The van der Waals surface area contributed by atoms with Crippen molar-refractivity contribution in [3.63, 3.8) is 0 Å². The van der Waals surface area contributed by atoms with Gasteiger partial charge in [0.25, 0.3) is 0 Å². The lowest BCUT2D eigenvalue weighted by Gasteiger charge is -2.13. The van der Waals surface area contributed by atoms with E-state index in [-0.39, 0.29) is 12.2 Å². The van der Waals surface area contributed by atoms with Crippen molar-refractivity contribution >= 4 is 0 Å². The molecule has 0 saturated heterocycles. The van der Waals surface area contributed by atoms with Crippen molar-refractivity contribution in [2.45, 2.75) is 45.8 Å². The molecule has 1 atom stereocenters. The number of aryl methyl sites for hydroxylation is 1. The number of aliphatic hydroxyl groups excluding tert-OH is 1. The highest BCUT2D eigenvalue weighted by molar-refractivity contribution is 5.33. The van der Waals surface area contributed by atoms with Crippen LogP contribution >= 0.6 is 0 Å². The van der Waals surface area contributed by atoms with Gasteiger partial charge in [-0.15, -0.1) is 0 Å². The largest absolute Gasteiger partial charge is 0.489 e. The van der Waals surface area contributed by atoms with Crippen molar-refractivity contribution in [2.24, 2.45) is 0 Å². The van der Waals surface area contributed by atoms with E-state index in [1.54, 1.807) is 20.2 Å². The lowest BCUT2D eigenvalue weighted by molar-refractivity contribution is 0.184. The van der Waals surface area contributed by atoms with Crippen LogP contribution in [0.4, 0.5) is 0 Å². The van der Waals surface area contributed by atoms with Crippen LogP contribution < -0.4 is 9.47 Å². The molecule has 96 valence electrons. The third-order valence-corrected chi connectivity index (χ3v) is 2.30. The second-order valence-electron chi connectivity index (χ2n) is 4.39. The zero-order chi connectivity index (χ0) is 12.8. The van der Waals surface area contributed by atoms with Crippen molar-refractivity contribution in [2.75, 3.05) is 7.11 Å². The minimum absolute atomic E-state index is 0.120. The monoisotopic (exact) mass is 239 g/mol. The maximum atomic E-state index is 9.30. The lowest BCUT2D eigenvalue weighted by Crippen LogP contribution is -2.08. The van der Waals surface area contributed by atoms with E-state index in [0.29, 0.717) is 12.3 Å². The van der Waals surface area contributed by atoms with E-state index in [1.165, 1.54) is 0 Å². The van der Waals surface area contributed by atoms with Gasteiger partial charge in [-0.3, -0.25) is 0 Å². The summed E-state index contributed by atoms with van der Waals surface area (Å²) in [6, 6.07) is 1.92. The number of pyridine rings is 1. The molecule has 0 saturated carbocycles. The molecular formula is C13H21NO3. The Kier molecular flexibility index (Phi) is 5.22. The van der Waals surface area contributed by atoms with Crippen LogP contribution in [0.1, 0.15) is 32.8 Å². The number of ether oxygens (including phenoxy) is 2. The van der Waals surface area contributed by atoms with Crippen LogP contribution in [0.5, 0.6) is 11.6 Å². The van der Waals surface area contributed by atoms with Gasteiger partial charge < -0.3 is 14.6 Å². The minimum Gasteiger partial charge on any atom is -0.489 e. The molecule has 1 aromatic rings. The molecule has 1 N–H and O–H groups in total. The Labute approximate surface area is 103 Å². The second-order valence-corrected chi connectivity index (χ2v) is 4.39. The van der Waals surface area contributed by atoms with Gasteiger partial charge in [-0.1, -0.05) is 0 Å². The first-order chi connectivity index (χ1) is 8.02. The van der Waals surface area contributed by atoms with E-state index in [1.807, 2.05) is 19.9 Å². The van der Waals surface area contributed by atoms with Crippen LogP contribution in [-0.2, 0) is 6.42 Å². The Hall–Kier alpha value is -1.29. The van der Waals surface area contributed by atoms with Gasteiger partial charge in [-0.05, 0) is 39.7 Å². The second kappa shape index (κ2) is 6.45. The summed E-state index contributed by atoms with van der Waals surface area (Å²) in [6.07, 6.45) is 2.86. The summed E-state index contributed by atoms with van der Waals surface area (Å²) >= 11 is 0. The van der Waals surface area contributed by atoms with Crippen LogP contribution in [0.25, 0.3) is 0 Å². The zero-order valence-electron chi connectivity index (χ0n) is 10.9. The smallest absolute Gasteiger partial charge is 0.216 e. The number of hydrogen-bond donors (Lipinski definition) is 1. The number of hydrogen-bond acceptors (Lipinski definition) is 4. The quantitative estimate of drug-likeness (QED) is 0.826. The summed E-state index contributed by atoms with van der Waals surface area (Å²) in [4.78, 5) is 4.20. The van der Waals surface area contributed by atoms with Crippen LogP contribution in [0, 0.1) is 0 Å². The van der Waals surface area contributed by atoms with Gasteiger partial charge in [0, 0.05) is 5.56 Å². The normalized spacial score (nSPS) is 12.6. The molecule has 0 aliphatic heterocycles. The van der Waals surface area contributed by atoms with E-state index < -0.39 is 0 Å². The molecule has 0 spiro atoms. The van der Waals surface area contributed by atoms with E-state index >= 15 is 0 Å². The lowest BCUT2D eigenvalue weighted by atomic mass is 10.1. The molecule has 1 heterocycles. The Balaban J connectivity index is 2.82. The van der Waals surface area contributed by atoms with Crippen molar-refractivity contribution in [3.8, 4) is 11.6 Å². The summed E-state index contributed by atoms with van der Waals surface area (Å²) in [5, 5.41) is 9.30. The van der Waals surface area contributed by atoms with Gasteiger partial charge in [0.15, 0.2) is 0 Å². The van der Waals surface area contributed by atoms with Crippen molar-refractivity contribution in [1.29, 1.82) is 0 Å². The van der Waals surface area contributed by atoms with E-state index in [0.717, 1.165) is 17.7 Å². The number of rotatable bonds is 6. The van der Waals surface area contributed by atoms with Crippen molar-refractivity contribution < 1.29 is 14.6 Å². The topological polar surface area (TPSA) is 51.6 Å². The molecule has 1 rings (SSSR count). The first-order valence-corrected chi connectivity index (χ1v) is 5.90. The number of aliphatic hydroxyl groups is 1. The summed E-state index contributed by atoms with van der Waals surface area (Å²) < 4.78 is 10.8. The fraction of sp³-hybridized carbons (Fsp3) is 0.615. The number of aromatic nitrogens is 1. The molecule has 1 unspecified atom stereocenters. The molecule has 17 heavy (non-hydrogen) atoms. The first-order valence-electron chi connectivity index (χ1n) is 5.90. The zero-order valence-corrected chi connectivity index (χ0v) is 10.9. The highest BCUT2D eigenvalue weighted by Gasteiger charge is 2.09. The molecule has 1 aromatic heterocycles. The fourth-order valence-corrected chi connectivity index (χ4v) is 1.54. The molecule has 0 fully saturated rings. The predicted octanol–water partition coefficient (Wildman–Crippen LogP) is 2.19. The minimum atomic E-state index is -0.325. The molecule has 0 aliphatic carbocycles. The summed E-state index contributed by atoms with van der Waals surface area (Å²) in [7, 11) is 1.59. The summed E-state index contributed by atoms with van der Waals surface area (Å²) in [5.41, 5.74) is 0.964. The third-order valence-electron chi connectivity index (χ3n) is 2.30. The van der Waals surface area contributed by atoms with Gasteiger partial charge in [0.05, 0.1) is 25.5 Å². The first kappa shape index (κ1) is 13.8. The van der Waals surface area contributed by atoms with Gasteiger partial charge >= 0.3 is 0 Å². The molecule has 4 heteroatoms. The summed E-state index contributed by atoms with van der Waals surface area (Å²) in [6.45, 7) is 5.72. The standard InChI is InChI=1S/C13H21NO3/c1-9(2)17-12-7-11(6-5-10(3)15)13(16-4)14-8-12/h7-10,15H,5-6H2,1-4H3. The molecule has 0 radical (unpaired) electrons. The Bertz CT molecular complexity index is 351. The highest BCUT2D eigenvalue weighted by Crippen LogP contribution is 2.23. The number of nitrogens with zero attached hydrogens (tertiary/aromatic N) is 1. The molecular weight excluding hydrogens is 218 g/mol. The van der Waals surface area contributed by atoms with Crippen LogP contribution in [-0.4, -0.2) is 29.4 Å². The van der Waals surface area contributed by atoms with Gasteiger partial charge in [0.2, 0.25) is 5.88 Å². The SMILES string of the molecule is COc1ncc(OC(C)C)cc1CCC(C)O. The van der Waals surface area contributed by atoms with E-state index in [9.17, 15) is 5.11 Å². The molecule has 0 aliphatic rings. The van der Waals surface area contributed by atoms with Crippen molar-refractivity contribution in [1.82, 2.24) is 4.98 Å². The molecule has 0 bridgehead atoms. The van der Waals surface area contributed by atoms with E-state index in [4.69, 9.17) is 9.47 Å². The summed E-state index contributed by atoms with van der Waals surface area (Å²) in [5.74, 6) is 1.34. The average Bonchev–Trinajstić information content (AvgIpc) is 2.25. The van der Waals surface area contributed by atoms with Crippen LogP contribution in [0.3, 0.4) is 0 Å².